The number of nitrogen functional groups attached to an aromatic ring is 1. The van der Waals surface area contributed by atoms with Crippen molar-refractivity contribution in [2.24, 2.45) is 17.8 Å². The molecule has 7 nitrogen and oxygen atoms in total. The largest absolute Gasteiger partial charge is 0.399 e. The molecule has 2 aliphatic heterocycles. The van der Waals surface area contributed by atoms with Crippen molar-refractivity contribution in [2.45, 2.75) is 56.4 Å². The standard InChI is InChI=1S/C26H36N2O5S/c1-18(2)16-28(34(30,31)21-11-9-20(27)10-12-21)25(23-17-33-26-22(23)14-15-32-26)24(29)13-8-19-6-4-3-5-7-19/h3-7,9-12,18,22-26,29H,8,13-17,27H2,1-2H3/t22-,23?,24+,25+,26+/m0/s1/i13D,17D/t13?,17?,22-,23?,24+,25+,26+. The summed E-state index contributed by atoms with van der Waals surface area (Å²) < 4.78 is 58.3. The summed E-state index contributed by atoms with van der Waals surface area (Å²) in [6.07, 6.45) is -2.12. The number of ether oxygens (including phenoxy) is 2. The zero-order chi connectivity index (χ0) is 26.0. The second-order valence-electron chi connectivity index (χ2n) is 9.49. The van der Waals surface area contributed by atoms with Crippen LogP contribution in [0.4, 0.5) is 5.69 Å². The van der Waals surface area contributed by atoms with Crippen molar-refractivity contribution < 1.29 is 25.7 Å². The molecule has 3 unspecified atom stereocenters. The molecule has 186 valence electrons. The molecule has 2 heterocycles. The van der Waals surface area contributed by atoms with Crippen LogP contribution in [0, 0.1) is 17.8 Å². The molecule has 2 aliphatic rings. The number of nitrogens with two attached hydrogens (primary N) is 1. The molecule has 0 bridgehead atoms. The number of rotatable bonds is 10. The van der Waals surface area contributed by atoms with E-state index in [2.05, 4.69) is 0 Å². The van der Waals surface area contributed by atoms with Crippen molar-refractivity contribution in [1.82, 2.24) is 4.31 Å². The van der Waals surface area contributed by atoms with Crippen molar-refractivity contribution in [3.63, 3.8) is 0 Å². The van der Waals surface area contributed by atoms with Crippen LogP contribution < -0.4 is 5.73 Å². The molecule has 0 aromatic heterocycles. The highest BCUT2D eigenvalue weighted by molar-refractivity contribution is 7.89. The molecule has 2 aromatic rings. The summed E-state index contributed by atoms with van der Waals surface area (Å²) in [5.41, 5.74) is 7.11. The van der Waals surface area contributed by atoms with E-state index in [0.29, 0.717) is 18.7 Å². The normalized spacial score (nSPS) is 28.4. The van der Waals surface area contributed by atoms with Gasteiger partial charge < -0.3 is 20.3 Å². The molecule has 0 radical (unpaired) electrons. The van der Waals surface area contributed by atoms with Crippen LogP contribution in [0.5, 0.6) is 0 Å². The number of aryl methyl sites for hydroxylation is 1. The van der Waals surface area contributed by atoms with Crippen molar-refractivity contribution in [1.29, 1.82) is 0 Å². The molecule has 0 saturated carbocycles. The summed E-state index contributed by atoms with van der Waals surface area (Å²) in [4.78, 5) is 0.0545. The summed E-state index contributed by atoms with van der Waals surface area (Å²) in [6.45, 7) is 3.29. The van der Waals surface area contributed by atoms with E-state index in [4.69, 9.17) is 17.9 Å². The fourth-order valence-corrected chi connectivity index (χ4v) is 6.64. The van der Waals surface area contributed by atoms with Crippen LogP contribution in [0.2, 0.25) is 0 Å². The van der Waals surface area contributed by atoms with Gasteiger partial charge in [0.05, 0.1) is 31.6 Å². The van der Waals surface area contributed by atoms with E-state index >= 15 is 0 Å². The number of fused-ring (bicyclic) bond motifs is 1. The van der Waals surface area contributed by atoms with Crippen LogP contribution in [0.3, 0.4) is 0 Å². The number of hydrogen-bond acceptors (Lipinski definition) is 6. The topological polar surface area (TPSA) is 102 Å². The van der Waals surface area contributed by atoms with Gasteiger partial charge in [0, 0.05) is 25.4 Å². The third-order valence-electron chi connectivity index (χ3n) is 6.49. The second-order valence-corrected chi connectivity index (χ2v) is 11.4. The maximum atomic E-state index is 14.0. The fourth-order valence-electron chi connectivity index (χ4n) is 4.81. The van der Waals surface area contributed by atoms with Crippen molar-refractivity contribution in [3.8, 4) is 0 Å². The Bertz CT molecular complexity index is 1100. The molecular weight excluding hydrogens is 452 g/mol. The lowest BCUT2D eigenvalue weighted by Crippen LogP contribution is -2.54. The number of nitrogens with zero attached hydrogens (tertiary/aromatic N) is 1. The van der Waals surface area contributed by atoms with Gasteiger partial charge in [-0.05, 0) is 55.0 Å². The molecule has 0 aliphatic carbocycles. The molecule has 8 heteroatoms. The first-order chi connectivity index (χ1) is 17.1. The number of benzene rings is 2. The molecule has 0 spiro atoms. The van der Waals surface area contributed by atoms with Gasteiger partial charge in [-0.1, -0.05) is 44.2 Å². The van der Waals surface area contributed by atoms with Gasteiger partial charge in [0.1, 0.15) is 0 Å². The molecule has 2 fully saturated rings. The van der Waals surface area contributed by atoms with Gasteiger partial charge in [-0.2, -0.15) is 4.31 Å². The Morgan fingerprint density at radius 3 is 2.56 bits per heavy atom. The molecule has 0 amide bonds. The first-order valence-corrected chi connectivity index (χ1v) is 13.2. The van der Waals surface area contributed by atoms with Crippen LogP contribution in [0.1, 0.15) is 35.0 Å². The van der Waals surface area contributed by atoms with Crippen molar-refractivity contribution in [3.05, 3.63) is 60.2 Å². The van der Waals surface area contributed by atoms with E-state index in [1.165, 1.54) is 28.6 Å². The Kier molecular flexibility index (Phi) is 7.11. The molecule has 7 atom stereocenters. The lowest BCUT2D eigenvalue weighted by molar-refractivity contribution is -0.0907. The quantitative estimate of drug-likeness (QED) is 0.496. The Balaban J connectivity index is 1.77. The van der Waals surface area contributed by atoms with Crippen LogP contribution in [-0.2, 0) is 25.9 Å². The van der Waals surface area contributed by atoms with Gasteiger partial charge in [0.25, 0.3) is 0 Å². The molecular formula is C26H36N2O5S. The van der Waals surface area contributed by atoms with Gasteiger partial charge >= 0.3 is 0 Å². The van der Waals surface area contributed by atoms with E-state index in [9.17, 15) is 13.5 Å². The van der Waals surface area contributed by atoms with E-state index in [-0.39, 0.29) is 29.7 Å². The van der Waals surface area contributed by atoms with Crippen molar-refractivity contribution in [2.75, 3.05) is 25.5 Å². The highest BCUT2D eigenvalue weighted by Crippen LogP contribution is 2.41. The number of anilines is 1. The van der Waals surface area contributed by atoms with Gasteiger partial charge in [-0.25, -0.2) is 8.42 Å². The fraction of sp³-hybridized carbons (Fsp3) is 0.538. The molecule has 34 heavy (non-hydrogen) atoms. The average Bonchev–Trinajstić information content (AvgIpc) is 3.40. The SMILES string of the molecule is [2H]C1O[C@H]2OCC[C@H]2C1[C@H]([C@H](O)C([2H])Cc1ccccc1)N(CC(C)C)S(=O)(=O)c1ccc(N)cc1. The van der Waals surface area contributed by atoms with Gasteiger partial charge in [0.15, 0.2) is 6.29 Å². The van der Waals surface area contributed by atoms with Crippen LogP contribution in [0.15, 0.2) is 59.5 Å². The van der Waals surface area contributed by atoms with Crippen molar-refractivity contribution >= 4 is 15.7 Å². The minimum Gasteiger partial charge on any atom is -0.399 e. The highest BCUT2D eigenvalue weighted by Gasteiger charge is 2.50. The Morgan fingerprint density at radius 2 is 1.88 bits per heavy atom. The highest BCUT2D eigenvalue weighted by atomic mass is 32.2. The lowest BCUT2D eigenvalue weighted by Gasteiger charge is -2.39. The Hall–Kier alpha value is -1.97. The minimum atomic E-state index is -4.10. The molecule has 4 rings (SSSR count). The number of aliphatic hydroxyl groups excluding tert-OH is 1. The van der Waals surface area contributed by atoms with E-state index < -0.39 is 47.4 Å². The van der Waals surface area contributed by atoms with Gasteiger partial charge in [-0.15, -0.1) is 0 Å². The summed E-state index contributed by atoms with van der Waals surface area (Å²) in [7, 11) is -4.10. The van der Waals surface area contributed by atoms with E-state index in [1.54, 1.807) is 0 Å². The summed E-state index contributed by atoms with van der Waals surface area (Å²) in [6, 6.07) is 14.3. The third kappa shape index (κ3) is 5.47. The van der Waals surface area contributed by atoms with E-state index in [0.717, 1.165) is 5.56 Å². The predicted molar refractivity (Wildman–Crippen MR) is 131 cm³/mol. The maximum Gasteiger partial charge on any atom is 0.243 e. The third-order valence-corrected chi connectivity index (χ3v) is 8.37. The van der Waals surface area contributed by atoms with Crippen LogP contribution in [0.25, 0.3) is 0 Å². The molecule has 2 saturated heterocycles. The van der Waals surface area contributed by atoms with Gasteiger partial charge in [-0.3, -0.25) is 0 Å². The summed E-state index contributed by atoms with van der Waals surface area (Å²) >= 11 is 0. The zero-order valence-corrected chi connectivity index (χ0v) is 20.5. The van der Waals surface area contributed by atoms with Gasteiger partial charge in [0.2, 0.25) is 10.0 Å². The number of hydrogen-bond donors (Lipinski definition) is 2. The second kappa shape index (κ2) is 10.7. The van der Waals surface area contributed by atoms with Crippen LogP contribution >= 0.6 is 0 Å². The lowest BCUT2D eigenvalue weighted by atomic mass is 9.82. The molecule has 2 aromatic carbocycles. The number of sulfonamides is 1. The monoisotopic (exact) mass is 490 g/mol. The first kappa shape index (κ1) is 22.5. The Labute approximate surface area is 205 Å². The first-order valence-electron chi connectivity index (χ1n) is 13.0. The van der Waals surface area contributed by atoms with Crippen LogP contribution in [-0.4, -0.2) is 56.0 Å². The summed E-state index contributed by atoms with van der Waals surface area (Å²) in [5, 5.41) is 11.7. The van der Waals surface area contributed by atoms with E-state index in [1.807, 2.05) is 44.2 Å². The Morgan fingerprint density at radius 1 is 1.18 bits per heavy atom. The molecule has 3 N–H and O–H groups in total. The minimum absolute atomic E-state index is 0.0545. The number of aliphatic hydroxyl groups is 1. The summed E-state index contributed by atoms with van der Waals surface area (Å²) in [5.74, 6) is -0.963. The zero-order valence-electron chi connectivity index (χ0n) is 21.7. The average molecular weight is 491 g/mol. The smallest absolute Gasteiger partial charge is 0.243 e. The maximum absolute atomic E-state index is 14.0. The predicted octanol–water partition coefficient (Wildman–Crippen LogP) is 3.29.